The van der Waals surface area contributed by atoms with E-state index in [4.69, 9.17) is 0 Å². The number of amides is 2. The molecule has 0 aromatic carbocycles. The molecule has 0 unspecified atom stereocenters. The fourth-order valence-electron chi connectivity index (χ4n) is 1.50. The molecule has 0 bridgehead atoms. The quantitative estimate of drug-likeness (QED) is 0.314. The molecule has 0 aromatic heterocycles. The zero-order valence-electron chi connectivity index (χ0n) is 9.48. The highest BCUT2D eigenvalue weighted by molar-refractivity contribution is 5.75. The van der Waals surface area contributed by atoms with E-state index in [2.05, 4.69) is 0 Å². The van der Waals surface area contributed by atoms with Crippen LogP contribution in [0.15, 0.2) is 0 Å². The zero-order valence-corrected chi connectivity index (χ0v) is 9.48. The van der Waals surface area contributed by atoms with E-state index in [1.54, 1.807) is 0 Å². The van der Waals surface area contributed by atoms with Gasteiger partial charge in [-0.3, -0.25) is 35.2 Å². The number of urea groups is 1. The summed E-state index contributed by atoms with van der Waals surface area (Å²) in [6, 6.07) is -1.38. The van der Waals surface area contributed by atoms with Crippen molar-refractivity contribution >= 4 is 6.03 Å². The van der Waals surface area contributed by atoms with Crippen LogP contribution in [0.4, 0.5) is 4.79 Å². The van der Waals surface area contributed by atoms with E-state index in [0.717, 1.165) is 0 Å². The Bertz CT molecular complexity index is 467. The highest BCUT2D eigenvalue weighted by Gasteiger charge is 2.72. The Hall–Kier alpha value is -3.13. The number of carbonyl (C=O) groups is 1. The molecule has 0 spiro atoms. The summed E-state index contributed by atoms with van der Waals surface area (Å²) in [5, 5.41) is 41.3. The Labute approximate surface area is 107 Å². The number of rotatable bonds is 6. The van der Waals surface area contributed by atoms with Gasteiger partial charge in [0.2, 0.25) is 6.54 Å². The summed E-state index contributed by atoms with van der Waals surface area (Å²) < 4.78 is 0. The van der Waals surface area contributed by atoms with Crippen LogP contribution >= 0.6 is 0 Å². The highest BCUT2D eigenvalue weighted by atomic mass is 16.7. The van der Waals surface area contributed by atoms with Gasteiger partial charge in [-0.15, -0.1) is 0 Å². The van der Waals surface area contributed by atoms with Crippen LogP contribution in [0.3, 0.4) is 0 Å². The maximum Gasteiger partial charge on any atom is 0.717 e. The van der Waals surface area contributed by atoms with Crippen molar-refractivity contribution in [3.8, 4) is 0 Å². The molecule has 0 radical (unpaired) electrons. The van der Waals surface area contributed by atoms with Gasteiger partial charge in [0.25, 0.3) is 0 Å². The zero-order chi connectivity index (χ0) is 15.7. The third-order valence-electron chi connectivity index (χ3n) is 2.55. The van der Waals surface area contributed by atoms with E-state index < -0.39 is 51.3 Å². The summed E-state index contributed by atoms with van der Waals surface area (Å²) >= 11 is 0. The first kappa shape index (κ1) is 14.9. The summed E-state index contributed by atoms with van der Waals surface area (Å²) in [5.74, 6) is -3.86. The predicted octanol–water partition coefficient (Wildman–Crippen LogP) is -1.60. The SMILES string of the molecule is O=C1N(CC([N+](=O)[O-])([N+](=O)[O-])[N+](=O)[O-])CCN1[N+](=O)[O-]. The van der Waals surface area contributed by atoms with E-state index in [0.29, 0.717) is 4.90 Å². The van der Waals surface area contributed by atoms with Crippen LogP contribution in [0.2, 0.25) is 0 Å². The van der Waals surface area contributed by atoms with E-state index in [1.165, 1.54) is 0 Å². The molecule has 0 N–H and O–H groups in total. The summed E-state index contributed by atoms with van der Waals surface area (Å²) in [4.78, 5) is 48.8. The third-order valence-corrected chi connectivity index (χ3v) is 2.55. The summed E-state index contributed by atoms with van der Waals surface area (Å²) in [7, 11) is 0. The Morgan fingerprint density at radius 2 is 1.40 bits per heavy atom. The van der Waals surface area contributed by atoms with E-state index in [1.807, 2.05) is 0 Å². The molecule has 0 aromatic rings. The molecule has 2 amide bonds. The van der Waals surface area contributed by atoms with Crippen molar-refractivity contribution < 1.29 is 24.6 Å². The maximum atomic E-state index is 11.4. The molecule has 110 valence electrons. The molecule has 1 fully saturated rings. The Balaban J connectivity index is 3.07. The number of hydrogen-bond acceptors (Lipinski definition) is 9. The van der Waals surface area contributed by atoms with E-state index >= 15 is 0 Å². The van der Waals surface area contributed by atoms with Crippen LogP contribution in [0, 0.1) is 40.5 Å². The second-order valence-corrected chi connectivity index (χ2v) is 3.61. The second-order valence-electron chi connectivity index (χ2n) is 3.61. The molecule has 20 heavy (non-hydrogen) atoms. The van der Waals surface area contributed by atoms with Crippen molar-refractivity contribution in [3.05, 3.63) is 40.5 Å². The first-order valence-electron chi connectivity index (χ1n) is 4.78. The van der Waals surface area contributed by atoms with Gasteiger partial charge >= 0.3 is 11.8 Å². The lowest BCUT2D eigenvalue weighted by Gasteiger charge is -2.15. The van der Waals surface area contributed by atoms with Crippen molar-refractivity contribution in [1.29, 1.82) is 0 Å². The lowest BCUT2D eigenvalue weighted by Crippen LogP contribution is -2.60. The summed E-state index contributed by atoms with van der Waals surface area (Å²) in [6.07, 6.45) is 0. The van der Waals surface area contributed by atoms with Gasteiger partial charge in [0.1, 0.15) is 6.54 Å². The van der Waals surface area contributed by atoms with Crippen molar-refractivity contribution in [1.82, 2.24) is 9.91 Å². The van der Waals surface area contributed by atoms with Crippen molar-refractivity contribution in [3.63, 3.8) is 0 Å². The molecule has 1 heterocycles. The molecule has 0 atom stereocenters. The number of nitrogens with zero attached hydrogens (tertiary/aromatic N) is 6. The Kier molecular flexibility index (Phi) is 3.63. The van der Waals surface area contributed by atoms with Crippen LogP contribution in [0.5, 0.6) is 0 Å². The van der Waals surface area contributed by atoms with Crippen molar-refractivity contribution in [2.75, 3.05) is 19.6 Å². The molecule has 1 aliphatic rings. The van der Waals surface area contributed by atoms with Crippen molar-refractivity contribution in [2.45, 2.75) is 5.79 Å². The molecule has 1 saturated heterocycles. The lowest BCUT2D eigenvalue weighted by atomic mass is 10.3. The standard InChI is InChI=1S/C5H6N6O9/c12-4-6(1-2-7(4)11(19)20)3-5(8(13)14,9(15)16)10(17)18/h1-3H2. The first-order valence-corrected chi connectivity index (χ1v) is 4.78. The molecule has 0 aliphatic carbocycles. The van der Waals surface area contributed by atoms with Crippen LogP contribution < -0.4 is 0 Å². The maximum absolute atomic E-state index is 11.4. The fourth-order valence-corrected chi connectivity index (χ4v) is 1.50. The monoisotopic (exact) mass is 294 g/mol. The molecule has 1 rings (SSSR count). The van der Waals surface area contributed by atoms with Crippen LogP contribution in [0.1, 0.15) is 0 Å². The summed E-state index contributed by atoms with van der Waals surface area (Å²) in [5.41, 5.74) is 0. The van der Waals surface area contributed by atoms with Gasteiger partial charge in [-0.2, -0.15) is 0 Å². The average Bonchev–Trinajstić information content (AvgIpc) is 2.65. The minimum Gasteiger partial charge on any atom is -0.297 e. The number of hydrogen-bond donors (Lipinski definition) is 0. The van der Waals surface area contributed by atoms with E-state index in [-0.39, 0.29) is 5.01 Å². The normalized spacial score (nSPS) is 15.3. The number of nitro groups is 4. The smallest absolute Gasteiger partial charge is 0.297 e. The highest BCUT2D eigenvalue weighted by Crippen LogP contribution is 2.18. The number of hydrazine groups is 1. The largest absolute Gasteiger partial charge is 0.717 e. The van der Waals surface area contributed by atoms with Crippen LogP contribution in [-0.4, -0.2) is 61.2 Å². The second kappa shape index (κ2) is 4.86. The minimum absolute atomic E-state index is 0.0462. The molecular weight excluding hydrogens is 288 g/mol. The molecular formula is C5H6N6O9. The number of carbonyl (C=O) groups excluding carboxylic acids is 1. The molecule has 0 saturated carbocycles. The van der Waals surface area contributed by atoms with Gasteiger partial charge in [0.15, 0.2) is 19.8 Å². The van der Waals surface area contributed by atoms with Gasteiger partial charge in [-0.1, -0.05) is 0 Å². The topological polar surface area (TPSA) is 196 Å². The fraction of sp³-hybridized carbons (Fsp3) is 0.800. The molecule has 1 aliphatic heterocycles. The van der Waals surface area contributed by atoms with Gasteiger partial charge in [-0.25, -0.2) is 14.9 Å². The predicted molar refractivity (Wildman–Crippen MR) is 54.4 cm³/mol. The third kappa shape index (κ3) is 2.10. The molecule has 15 heteroatoms. The van der Waals surface area contributed by atoms with Crippen molar-refractivity contribution in [2.24, 2.45) is 0 Å². The average molecular weight is 294 g/mol. The molecule has 15 nitrogen and oxygen atoms in total. The minimum atomic E-state index is -3.86. The van der Waals surface area contributed by atoms with Gasteiger partial charge < -0.3 is 0 Å². The lowest BCUT2D eigenvalue weighted by molar-refractivity contribution is -0.968. The van der Waals surface area contributed by atoms with Crippen LogP contribution in [0.25, 0.3) is 0 Å². The first-order chi connectivity index (χ1) is 9.14. The Morgan fingerprint density at radius 1 is 0.950 bits per heavy atom. The van der Waals surface area contributed by atoms with E-state index in [9.17, 15) is 45.3 Å². The van der Waals surface area contributed by atoms with Crippen LogP contribution in [-0.2, 0) is 0 Å². The van der Waals surface area contributed by atoms with Gasteiger partial charge in [0, 0.05) is 6.54 Å². The van der Waals surface area contributed by atoms with Gasteiger partial charge in [-0.05, 0) is 5.01 Å². The summed E-state index contributed by atoms with van der Waals surface area (Å²) in [6.45, 7) is -2.48. The Morgan fingerprint density at radius 3 is 1.70 bits per heavy atom. The van der Waals surface area contributed by atoms with Gasteiger partial charge in [0.05, 0.1) is 0 Å².